The first-order chi connectivity index (χ1) is 11.7. The summed E-state index contributed by atoms with van der Waals surface area (Å²) < 4.78 is 6.93. The molecule has 2 aliphatic heterocycles. The zero-order valence-corrected chi connectivity index (χ0v) is 14.8. The van der Waals surface area contributed by atoms with Crippen molar-refractivity contribution in [2.45, 2.75) is 18.9 Å². The predicted octanol–water partition coefficient (Wildman–Crippen LogP) is 2.02. The van der Waals surface area contributed by atoms with Gasteiger partial charge in [0, 0.05) is 38.4 Å². The lowest BCUT2D eigenvalue weighted by Crippen LogP contribution is -2.44. The zero-order chi connectivity index (χ0) is 16.5. The van der Waals surface area contributed by atoms with E-state index < -0.39 is 0 Å². The summed E-state index contributed by atoms with van der Waals surface area (Å²) in [5.41, 5.74) is 1.04. The summed E-state index contributed by atoms with van der Waals surface area (Å²) in [5, 5.41) is 1.06. The van der Waals surface area contributed by atoms with E-state index in [2.05, 4.69) is 27.9 Å². The fraction of sp³-hybridized carbons (Fsp3) is 0.556. The first-order valence-electron chi connectivity index (χ1n) is 8.59. The second-order valence-electron chi connectivity index (χ2n) is 6.87. The van der Waals surface area contributed by atoms with E-state index in [-0.39, 0.29) is 5.91 Å². The molecule has 6 heteroatoms. The van der Waals surface area contributed by atoms with Gasteiger partial charge in [-0.3, -0.25) is 9.69 Å². The number of thiazole rings is 1. The molecule has 3 heterocycles. The minimum Gasteiger partial charge on any atom is -0.379 e. The number of aromatic nitrogens is 1. The number of para-hydroxylation sites is 1. The molecule has 0 radical (unpaired) electrons. The number of rotatable bonds is 3. The van der Waals surface area contributed by atoms with E-state index in [0.29, 0.717) is 18.4 Å². The Morgan fingerprint density at radius 1 is 1.29 bits per heavy atom. The molecule has 0 N–H and O–H groups in total. The third-order valence-electron chi connectivity index (χ3n) is 4.99. The van der Waals surface area contributed by atoms with Crippen LogP contribution in [-0.4, -0.2) is 66.6 Å². The fourth-order valence-electron chi connectivity index (χ4n) is 3.65. The molecule has 1 amide bonds. The molecule has 1 aromatic carbocycles. The highest BCUT2D eigenvalue weighted by atomic mass is 32.1. The molecule has 0 spiro atoms. The first kappa shape index (κ1) is 16.0. The van der Waals surface area contributed by atoms with Gasteiger partial charge in [0.25, 0.3) is 0 Å². The lowest BCUT2D eigenvalue weighted by atomic mass is 10.1. The Kier molecular flexibility index (Phi) is 4.52. The first-order valence-corrected chi connectivity index (χ1v) is 9.41. The van der Waals surface area contributed by atoms with Crippen LogP contribution in [0.25, 0.3) is 10.2 Å². The number of hydrogen-bond acceptors (Lipinski definition) is 5. The minimum atomic E-state index is 0.251. The summed E-state index contributed by atoms with van der Waals surface area (Å²) in [7, 11) is 2.14. The van der Waals surface area contributed by atoms with Crippen LogP contribution in [0.3, 0.4) is 0 Å². The summed E-state index contributed by atoms with van der Waals surface area (Å²) in [6.45, 7) is 4.12. The molecular weight excluding hydrogens is 322 g/mol. The Hall–Kier alpha value is -1.50. The Morgan fingerprint density at radius 2 is 2.17 bits per heavy atom. The molecule has 1 aromatic heterocycles. The standard InChI is InChI=1S/C18H23N3O2S/c1-20-8-13-9-21(10-14(20)12-23-11-13)18(22)7-6-17-19-15-4-2-3-5-16(15)24-17/h2-5,13-14H,6-12H2,1H3/t13-,14+/m1/s1. The Bertz CT molecular complexity index is 699. The van der Waals surface area contributed by atoms with Crippen molar-refractivity contribution in [3.8, 4) is 0 Å². The molecule has 4 rings (SSSR count). The molecule has 2 atom stereocenters. The van der Waals surface area contributed by atoms with Crippen molar-refractivity contribution in [2.75, 3.05) is 39.9 Å². The van der Waals surface area contributed by atoms with Gasteiger partial charge in [0.2, 0.25) is 5.91 Å². The number of benzene rings is 1. The van der Waals surface area contributed by atoms with Crippen LogP contribution in [0, 0.1) is 5.92 Å². The number of carbonyl (C=O) groups excluding carboxylic acids is 1. The summed E-state index contributed by atoms with van der Waals surface area (Å²) >= 11 is 1.70. The van der Waals surface area contributed by atoms with Crippen molar-refractivity contribution < 1.29 is 9.53 Å². The van der Waals surface area contributed by atoms with Crippen molar-refractivity contribution in [3.63, 3.8) is 0 Å². The maximum Gasteiger partial charge on any atom is 0.223 e. The molecule has 2 aromatic rings. The number of fused-ring (bicyclic) bond motifs is 4. The molecule has 2 fully saturated rings. The fourth-order valence-corrected chi connectivity index (χ4v) is 4.62. The molecule has 2 bridgehead atoms. The summed E-state index contributed by atoms with van der Waals surface area (Å²) in [5.74, 6) is 0.676. The zero-order valence-electron chi connectivity index (χ0n) is 14.0. The number of carbonyl (C=O) groups is 1. The Labute approximate surface area is 146 Å². The van der Waals surface area contributed by atoms with Gasteiger partial charge in [0.1, 0.15) is 0 Å². The van der Waals surface area contributed by atoms with Crippen LogP contribution in [0.4, 0.5) is 0 Å². The van der Waals surface area contributed by atoms with Gasteiger partial charge in [-0.05, 0) is 19.2 Å². The van der Waals surface area contributed by atoms with E-state index in [4.69, 9.17) is 4.74 Å². The maximum absolute atomic E-state index is 12.7. The van der Waals surface area contributed by atoms with E-state index >= 15 is 0 Å². The Morgan fingerprint density at radius 3 is 3.04 bits per heavy atom. The lowest BCUT2D eigenvalue weighted by Gasteiger charge is -2.29. The van der Waals surface area contributed by atoms with Crippen LogP contribution in [0.2, 0.25) is 0 Å². The van der Waals surface area contributed by atoms with E-state index in [1.165, 1.54) is 4.70 Å². The number of nitrogens with zero attached hydrogens (tertiary/aromatic N) is 3. The number of hydrogen-bond donors (Lipinski definition) is 0. The highest BCUT2D eigenvalue weighted by Gasteiger charge is 2.33. The number of ether oxygens (including phenoxy) is 1. The van der Waals surface area contributed by atoms with Crippen LogP contribution in [0.5, 0.6) is 0 Å². The highest BCUT2D eigenvalue weighted by Crippen LogP contribution is 2.23. The molecular formula is C18H23N3O2S. The van der Waals surface area contributed by atoms with Crippen LogP contribution in [0.1, 0.15) is 11.4 Å². The summed E-state index contributed by atoms with van der Waals surface area (Å²) in [4.78, 5) is 21.8. The van der Waals surface area contributed by atoms with Crippen LogP contribution < -0.4 is 0 Å². The minimum absolute atomic E-state index is 0.251. The molecule has 0 aliphatic carbocycles. The van der Waals surface area contributed by atoms with Gasteiger partial charge < -0.3 is 9.64 Å². The predicted molar refractivity (Wildman–Crippen MR) is 95.2 cm³/mol. The molecule has 5 nitrogen and oxygen atoms in total. The number of aryl methyl sites for hydroxylation is 1. The van der Waals surface area contributed by atoms with Crippen LogP contribution in [-0.2, 0) is 16.0 Å². The van der Waals surface area contributed by atoms with Crippen LogP contribution in [0.15, 0.2) is 24.3 Å². The average molecular weight is 345 g/mol. The van der Waals surface area contributed by atoms with Crippen molar-refractivity contribution in [1.29, 1.82) is 0 Å². The third-order valence-corrected chi connectivity index (χ3v) is 6.08. The van der Waals surface area contributed by atoms with Gasteiger partial charge >= 0.3 is 0 Å². The second kappa shape index (κ2) is 6.78. The van der Waals surface area contributed by atoms with Gasteiger partial charge in [0.05, 0.1) is 34.5 Å². The van der Waals surface area contributed by atoms with Gasteiger partial charge in [-0.15, -0.1) is 11.3 Å². The third kappa shape index (κ3) is 3.31. The van der Waals surface area contributed by atoms with E-state index in [9.17, 15) is 4.79 Å². The normalized spacial score (nSPS) is 25.0. The molecule has 24 heavy (non-hydrogen) atoms. The molecule has 2 saturated heterocycles. The molecule has 0 saturated carbocycles. The maximum atomic E-state index is 12.7. The smallest absolute Gasteiger partial charge is 0.223 e. The van der Waals surface area contributed by atoms with Crippen molar-refractivity contribution in [1.82, 2.24) is 14.8 Å². The number of amides is 1. The molecule has 2 aliphatic rings. The van der Waals surface area contributed by atoms with E-state index in [0.717, 1.165) is 49.8 Å². The second-order valence-corrected chi connectivity index (χ2v) is 7.99. The summed E-state index contributed by atoms with van der Waals surface area (Å²) in [6.07, 6.45) is 1.28. The largest absolute Gasteiger partial charge is 0.379 e. The Balaban J connectivity index is 1.40. The average Bonchev–Trinajstić information content (AvgIpc) is 2.81. The highest BCUT2D eigenvalue weighted by molar-refractivity contribution is 7.18. The van der Waals surface area contributed by atoms with Gasteiger partial charge in [0.15, 0.2) is 0 Å². The van der Waals surface area contributed by atoms with E-state index in [1.807, 2.05) is 18.2 Å². The SMILES string of the molecule is CN1C[C@H]2COC[C@@H]1CN(C(=O)CCc1nc3ccccc3s1)C2. The quantitative estimate of drug-likeness (QED) is 0.854. The topological polar surface area (TPSA) is 45.7 Å². The number of likely N-dealkylation sites (N-methyl/N-ethyl adjacent to an activating group) is 1. The van der Waals surface area contributed by atoms with Crippen molar-refractivity contribution in [2.24, 2.45) is 5.92 Å². The van der Waals surface area contributed by atoms with Crippen molar-refractivity contribution >= 4 is 27.5 Å². The molecule has 0 unspecified atom stereocenters. The monoisotopic (exact) mass is 345 g/mol. The molecule has 128 valence electrons. The van der Waals surface area contributed by atoms with Crippen LogP contribution >= 0.6 is 11.3 Å². The van der Waals surface area contributed by atoms with Gasteiger partial charge in [-0.2, -0.15) is 0 Å². The lowest BCUT2D eigenvalue weighted by molar-refractivity contribution is -0.133. The van der Waals surface area contributed by atoms with E-state index in [1.54, 1.807) is 11.3 Å². The summed E-state index contributed by atoms with van der Waals surface area (Å²) in [6, 6.07) is 8.48. The van der Waals surface area contributed by atoms with Crippen molar-refractivity contribution in [3.05, 3.63) is 29.3 Å². The van der Waals surface area contributed by atoms with Gasteiger partial charge in [-0.1, -0.05) is 12.1 Å². The van der Waals surface area contributed by atoms with Gasteiger partial charge in [-0.25, -0.2) is 4.98 Å².